The fourth-order valence-corrected chi connectivity index (χ4v) is 3.35. The van der Waals surface area contributed by atoms with Gasteiger partial charge in [0.25, 0.3) is 0 Å². The van der Waals surface area contributed by atoms with Gasteiger partial charge in [-0.3, -0.25) is 11.3 Å². The summed E-state index contributed by atoms with van der Waals surface area (Å²) in [5.74, 6) is 6.61. The molecule has 0 radical (unpaired) electrons. The van der Waals surface area contributed by atoms with Gasteiger partial charge in [0, 0.05) is 32.7 Å². The number of hydrazine groups is 1. The van der Waals surface area contributed by atoms with E-state index in [9.17, 15) is 0 Å². The average Bonchev–Trinajstić information content (AvgIpc) is 2.49. The van der Waals surface area contributed by atoms with Crippen LogP contribution in [0.25, 0.3) is 0 Å². The van der Waals surface area contributed by atoms with E-state index in [0.29, 0.717) is 0 Å². The standard InChI is InChI=1S/C16H34N2O2/c1-4-7-8-14(5-2)13-15(18-17)16(20-6-3)9-11-19-12-10-16/h14-15,18H,4-13,17H2,1-3H3. The van der Waals surface area contributed by atoms with E-state index < -0.39 is 0 Å². The van der Waals surface area contributed by atoms with Gasteiger partial charge in [0.2, 0.25) is 0 Å². The third-order valence-electron chi connectivity index (χ3n) is 4.72. The second-order valence-corrected chi connectivity index (χ2v) is 5.98. The van der Waals surface area contributed by atoms with Crippen LogP contribution in [0.2, 0.25) is 0 Å². The van der Waals surface area contributed by atoms with Crippen LogP contribution in [-0.2, 0) is 9.47 Å². The van der Waals surface area contributed by atoms with Crippen molar-refractivity contribution in [3.63, 3.8) is 0 Å². The Balaban J connectivity index is 2.68. The third kappa shape index (κ3) is 4.99. The monoisotopic (exact) mass is 286 g/mol. The van der Waals surface area contributed by atoms with Gasteiger partial charge in [-0.25, -0.2) is 0 Å². The van der Waals surface area contributed by atoms with Crippen molar-refractivity contribution in [1.82, 2.24) is 5.43 Å². The number of unbranched alkanes of at least 4 members (excludes halogenated alkanes) is 1. The second-order valence-electron chi connectivity index (χ2n) is 5.98. The highest BCUT2D eigenvalue weighted by Gasteiger charge is 2.41. The Hall–Kier alpha value is -0.160. The molecular formula is C16H34N2O2. The minimum Gasteiger partial charge on any atom is -0.381 e. The Morgan fingerprint density at radius 3 is 2.45 bits per heavy atom. The number of ether oxygens (including phenoxy) is 2. The molecular weight excluding hydrogens is 252 g/mol. The molecule has 0 aromatic heterocycles. The normalized spacial score (nSPS) is 21.6. The van der Waals surface area contributed by atoms with Crippen molar-refractivity contribution in [1.29, 1.82) is 0 Å². The van der Waals surface area contributed by atoms with Crippen LogP contribution in [0.3, 0.4) is 0 Å². The smallest absolute Gasteiger partial charge is 0.0891 e. The van der Waals surface area contributed by atoms with Gasteiger partial charge in [-0.2, -0.15) is 0 Å². The van der Waals surface area contributed by atoms with Crippen LogP contribution in [0.5, 0.6) is 0 Å². The SMILES string of the molecule is CCCCC(CC)CC(NN)C1(OCC)CCOCC1. The lowest BCUT2D eigenvalue weighted by molar-refractivity contribution is -0.130. The molecule has 3 N–H and O–H groups in total. The van der Waals surface area contributed by atoms with E-state index in [0.717, 1.165) is 45.0 Å². The van der Waals surface area contributed by atoms with Crippen LogP contribution in [0.4, 0.5) is 0 Å². The van der Waals surface area contributed by atoms with Crippen molar-refractivity contribution in [2.75, 3.05) is 19.8 Å². The molecule has 120 valence electrons. The number of hydrogen-bond donors (Lipinski definition) is 2. The Morgan fingerprint density at radius 1 is 1.25 bits per heavy atom. The lowest BCUT2D eigenvalue weighted by Crippen LogP contribution is -2.58. The van der Waals surface area contributed by atoms with E-state index in [4.69, 9.17) is 15.3 Å². The quantitative estimate of drug-likeness (QED) is 0.479. The third-order valence-corrected chi connectivity index (χ3v) is 4.72. The molecule has 1 fully saturated rings. The summed E-state index contributed by atoms with van der Waals surface area (Å²) in [5, 5.41) is 0. The highest BCUT2D eigenvalue weighted by molar-refractivity contribution is 4.95. The molecule has 0 amide bonds. The molecule has 4 heteroatoms. The maximum atomic E-state index is 6.15. The molecule has 0 saturated carbocycles. The largest absolute Gasteiger partial charge is 0.381 e. The van der Waals surface area contributed by atoms with Crippen molar-refractivity contribution in [3.8, 4) is 0 Å². The number of nitrogens with one attached hydrogen (secondary N) is 1. The number of nitrogens with two attached hydrogens (primary N) is 1. The van der Waals surface area contributed by atoms with E-state index in [1.165, 1.54) is 25.7 Å². The number of hydrogen-bond acceptors (Lipinski definition) is 4. The first-order valence-electron chi connectivity index (χ1n) is 8.40. The lowest BCUT2D eigenvalue weighted by atomic mass is 9.79. The summed E-state index contributed by atoms with van der Waals surface area (Å²) in [6, 6.07) is 0.230. The predicted molar refractivity (Wildman–Crippen MR) is 83.4 cm³/mol. The Bertz CT molecular complexity index is 237. The topological polar surface area (TPSA) is 56.5 Å². The van der Waals surface area contributed by atoms with Crippen LogP contribution in [0.15, 0.2) is 0 Å². The summed E-state index contributed by atoms with van der Waals surface area (Å²) in [4.78, 5) is 0. The van der Waals surface area contributed by atoms with E-state index in [1.807, 2.05) is 0 Å². The molecule has 1 aliphatic rings. The Kier molecular flexibility index (Phi) is 8.69. The molecule has 0 aliphatic carbocycles. The summed E-state index contributed by atoms with van der Waals surface area (Å²) in [5.41, 5.74) is 2.92. The molecule has 1 rings (SSSR count). The first-order chi connectivity index (χ1) is 9.72. The molecule has 2 atom stereocenters. The number of rotatable bonds is 10. The van der Waals surface area contributed by atoms with E-state index >= 15 is 0 Å². The minimum atomic E-state index is -0.138. The zero-order valence-corrected chi connectivity index (χ0v) is 13.6. The van der Waals surface area contributed by atoms with Crippen LogP contribution in [0.1, 0.15) is 65.7 Å². The lowest BCUT2D eigenvalue weighted by Gasteiger charge is -2.44. The molecule has 0 bridgehead atoms. The summed E-state index contributed by atoms with van der Waals surface area (Å²) < 4.78 is 11.7. The highest BCUT2D eigenvalue weighted by atomic mass is 16.5. The zero-order chi connectivity index (χ0) is 14.8. The van der Waals surface area contributed by atoms with Crippen molar-refractivity contribution in [2.45, 2.75) is 77.4 Å². The average molecular weight is 286 g/mol. The molecule has 4 nitrogen and oxygen atoms in total. The molecule has 1 saturated heterocycles. The van der Waals surface area contributed by atoms with E-state index in [1.54, 1.807) is 0 Å². The summed E-state index contributed by atoms with van der Waals surface area (Å²) in [6.45, 7) is 8.91. The Morgan fingerprint density at radius 2 is 1.95 bits per heavy atom. The van der Waals surface area contributed by atoms with Gasteiger partial charge >= 0.3 is 0 Å². The van der Waals surface area contributed by atoms with E-state index in [2.05, 4.69) is 26.2 Å². The van der Waals surface area contributed by atoms with Crippen LogP contribution in [-0.4, -0.2) is 31.5 Å². The summed E-state index contributed by atoms with van der Waals surface area (Å²) in [6.07, 6.45) is 8.08. The fraction of sp³-hybridized carbons (Fsp3) is 1.00. The van der Waals surface area contributed by atoms with Crippen LogP contribution in [0, 0.1) is 5.92 Å². The van der Waals surface area contributed by atoms with Crippen molar-refractivity contribution >= 4 is 0 Å². The summed E-state index contributed by atoms with van der Waals surface area (Å²) in [7, 11) is 0. The maximum absolute atomic E-state index is 6.15. The van der Waals surface area contributed by atoms with E-state index in [-0.39, 0.29) is 11.6 Å². The first kappa shape index (κ1) is 17.9. The fourth-order valence-electron chi connectivity index (χ4n) is 3.35. The maximum Gasteiger partial charge on any atom is 0.0891 e. The van der Waals surface area contributed by atoms with Gasteiger partial charge in [-0.05, 0) is 19.3 Å². The van der Waals surface area contributed by atoms with Gasteiger partial charge in [0.1, 0.15) is 0 Å². The molecule has 2 unspecified atom stereocenters. The van der Waals surface area contributed by atoms with Crippen LogP contribution < -0.4 is 11.3 Å². The Labute approximate surface area is 124 Å². The van der Waals surface area contributed by atoms with Crippen molar-refractivity contribution in [2.24, 2.45) is 11.8 Å². The first-order valence-corrected chi connectivity index (χ1v) is 8.40. The van der Waals surface area contributed by atoms with Gasteiger partial charge in [-0.15, -0.1) is 0 Å². The van der Waals surface area contributed by atoms with Gasteiger partial charge < -0.3 is 9.47 Å². The van der Waals surface area contributed by atoms with Gasteiger partial charge in [0.05, 0.1) is 11.6 Å². The summed E-state index contributed by atoms with van der Waals surface area (Å²) >= 11 is 0. The highest BCUT2D eigenvalue weighted by Crippen LogP contribution is 2.33. The van der Waals surface area contributed by atoms with Gasteiger partial charge in [-0.1, -0.05) is 39.5 Å². The zero-order valence-electron chi connectivity index (χ0n) is 13.6. The molecule has 20 heavy (non-hydrogen) atoms. The van der Waals surface area contributed by atoms with Crippen LogP contribution >= 0.6 is 0 Å². The molecule has 1 heterocycles. The molecule has 0 aromatic rings. The van der Waals surface area contributed by atoms with Gasteiger partial charge in [0.15, 0.2) is 0 Å². The molecule has 1 aliphatic heterocycles. The predicted octanol–water partition coefficient (Wildman–Crippen LogP) is 3.01. The van der Waals surface area contributed by atoms with Crippen molar-refractivity contribution < 1.29 is 9.47 Å². The van der Waals surface area contributed by atoms with Crippen molar-refractivity contribution in [3.05, 3.63) is 0 Å². The minimum absolute atomic E-state index is 0.138. The second kappa shape index (κ2) is 9.72. The molecule has 0 aromatic carbocycles. The molecule has 0 spiro atoms.